The van der Waals surface area contributed by atoms with E-state index < -0.39 is 0 Å². The molecule has 162 valence electrons. The summed E-state index contributed by atoms with van der Waals surface area (Å²) in [7, 11) is 0. The molecule has 1 aromatic heterocycles. The van der Waals surface area contributed by atoms with E-state index in [-0.39, 0.29) is 6.03 Å². The molecule has 31 heavy (non-hydrogen) atoms. The Kier molecular flexibility index (Phi) is 7.55. The number of carbonyl (C=O) groups is 1. The van der Waals surface area contributed by atoms with Crippen LogP contribution in [0.1, 0.15) is 45.6 Å². The van der Waals surface area contributed by atoms with Gasteiger partial charge < -0.3 is 19.9 Å². The smallest absolute Gasteiger partial charge is 0.319 e. The highest BCUT2D eigenvalue weighted by Gasteiger charge is 2.19. The van der Waals surface area contributed by atoms with Crippen molar-refractivity contribution in [2.75, 3.05) is 18.5 Å². The average molecular weight is 419 g/mol. The second kappa shape index (κ2) is 10.5. The first kappa shape index (κ1) is 22.2. The number of hydrogen-bond acceptors (Lipinski definition) is 3. The highest BCUT2D eigenvalue weighted by atomic mass is 16.5. The van der Waals surface area contributed by atoms with Crippen LogP contribution in [0.3, 0.4) is 0 Å². The lowest BCUT2D eigenvalue weighted by Gasteiger charge is -2.12. The topological polar surface area (TPSA) is 79.1 Å². The second-order valence-corrected chi connectivity index (χ2v) is 7.41. The number of nitrogens with one attached hydrogen (secondary N) is 2. The quantitative estimate of drug-likeness (QED) is 0.424. The molecule has 2 N–H and O–H groups in total. The first-order valence-corrected chi connectivity index (χ1v) is 11.0. The van der Waals surface area contributed by atoms with Gasteiger partial charge in [-0.2, -0.15) is 5.26 Å². The lowest BCUT2D eigenvalue weighted by molar-refractivity contribution is 0.252. The van der Waals surface area contributed by atoms with Crippen molar-refractivity contribution in [1.82, 2.24) is 9.88 Å². The number of nitrogens with zero attached hydrogens (tertiary/aromatic N) is 2. The van der Waals surface area contributed by atoms with Crippen LogP contribution in [-0.4, -0.2) is 23.7 Å². The number of amides is 2. The monoisotopic (exact) mass is 418 g/mol. The summed E-state index contributed by atoms with van der Waals surface area (Å²) in [6.07, 6.45) is 2.93. The van der Waals surface area contributed by atoms with Gasteiger partial charge in [-0.05, 0) is 49.6 Å². The van der Waals surface area contributed by atoms with Crippen LogP contribution in [0.25, 0.3) is 22.2 Å². The average Bonchev–Trinajstić information content (AvgIpc) is 3.08. The Labute approximate surface area is 183 Å². The predicted molar refractivity (Wildman–Crippen MR) is 125 cm³/mol. The fourth-order valence-electron chi connectivity index (χ4n) is 3.72. The number of aryl methyl sites for hydroxylation is 1. The molecule has 0 aliphatic heterocycles. The number of aromatic nitrogens is 1. The van der Waals surface area contributed by atoms with Crippen LogP contribution in [-0.2, 0) is 6.54 Å². The standard InChI is InChI=1S/C25H30N4O2/c1-4-7-14-27-25(30)28-19-10-8-18(9-11-19)24-22(17-26)21-13-12-20(31-6-3)16-23(21)29(24)15-5-2/h8-13,16H,4-7,14-15H2,1-3H3,(H2,27,28,30). The van der Waals surface area contributed by atoms with Gasteiger partial charge in [-0.3, -0.25) is 0 Å². The summed E-state index contributed by atoms with van der Waals surface area (Å²) >= 11 is 0. The molecule has 2 aromatic carbocycles. The minimum atomic E-state index is -0.206. The fraction of sp³-hybridized carbons (Fsp3) is 0.360. The Morgan fingerprint density at radius 2 is 1.87 bits per heavy atom. The van der Waals surface area contributed by atoms with E-state index >= 15 is 0 Å². The molecule has 0 radical (unpaired) electrons. The molecule has 0 atom stereocenters. The SMILES string of the molecule is CCCCNC(=O)Nc1ccc(-c2c(C#N)c3ccc(OCC)cc3n2CCC)cc1. The van der Waals surface area contributed by atoms with Gasteiger partial charge in [0.15, 0.2) is 0 Å². The molecule has 0 aliphatic carbocycles. The summed E-state index contributed by atoms with van der Waals surface area (Å²) in [6.45, 7) is 8.22. The summed E-state index contributed by atoms with van der Waals surface area (Å²) in [6, 6.07) is 15.7. The van der Waals surface area contributed by atoms with Crippen molar-refractivity contribution >= 4 is 22.6 Å². The van der Waals surface area contributed by atoms with Gasteiger partial charge in [0, 0.05) is 30.2 Å². The Morgan fingerprint density at radius 1 is 1.10 bits per heavy atom. The molecule has 0 spiro atoms. The van der Waals surface area contributed by atoms with E-state index in [9.17, 15) is 10.1 Å². The normalized spacial score (nSPS) is 10.6. The predicted octanol–water partition coefficient (Wildman–Crippen LogP) is 5.91. The van der Waals surface area contributed by atoms with E-state index in [0.717, 1.165) is 53.7 Å². The van der Waals surface area contributed by atoms with Gasteiger partial charge in [0.2, 0.25) is 0 Å². The number of urea groups is 1. The molecular formula is C25H30N4O2. The summed E-state index contributed by atoms with van der Waals surface area (Å²) in [5.41, 5.74) is 4.21. The third-order valence-corrected chi connectivity index (χ3v) is 5.14. The summed E-state index contributed by atoms with van der Waals surface area (Å²) in [5, 5.41) is 16.6. The molecule has 0 saturated carbocycles. The fourth-order valence-corrected chi connectivity index (χ4v) is 3.72. The van der Waals surface area contributed by atoms with Gasteiger partial charge in [0.05, 0.1) is 23.4 Å². The number of rotatable bonds is 9. The van der Waals surface area contributed by atoms with Crippen molar-refractivity contribution in [2.45, 2.75) is 46.6 Å². The molecule has 6 nitrogen and oxygen atoms in total. The van der Waals surface area contributed by atoms with Crippen LogP contribution in [0, 0.1) is 11.3 Å². The van der Waals surface area contributed by atoms with Crippen molar-refractivity contribution in [3.8, 4) is 23.1 Å². The summed E-state index contributed by atoms with van der Waals surface area (Å²) < 4.78 is 7.87. The molecule has 0 saturated heterocycles. The molecule has 2 amide bonds. The Bertz CT molecular complexity index is 1080. The van der Waals surface area contributed by atoms with Gasteiger partial charge in [0.1, 0.15) is 11.8 Å². The maximum absolute atomic E-state index is 12.0. The molecule has 1 heterocycles. The number of unbranched alkanes of at least 4 members (excludes halogenated alkanes) is 1. The van der Waals surface area contributed by atoms with Crippen molar-refractivity contribution in [2.24, 2.45) is 0 Å². The highest BCUT2D eigenvalue weighted by Crippen LogP contribution is 2.36. The Hall–Kier alpha value is -3.46. The number of benzene rings is 2. The largest absolute Gasteiger partial charge is 0.494 e. The zero-order valence-electron chi connectivity index (χ0n) is 18.5. The van der Waals surface area contributed by atoms with Crippen LogP contribution in [0.2, 0.25) is 0 Å². The lowest BCUT2D eigenvalue weighted by atomic mass is 10.1. The van der Waals surface area contributed by atoms with Crippen molar-refractivity contribution in [1.29, 1.82) is 5.26 Å². The molecule has 6 heteroatoms. The van der Waals surface area contributed by atoms with Crippen molar-refractivity contribution < 1.29 is 9.53 Å². The van der Waals surface area contributed by atoms with Gasteiger partial charge in [-0.25, -0.2) is 4.79 Å². The van der Waals surface area contributed by atoms with Crippen molar-refractivity contribution in [3.05, 3.63) is 48.0 Å². The van der Waals surface area contributed by atoms with Crippen LogP contribution in [0.4, 0.5) is 10.5 Å². The molecule has 3 aromatic rings. The molecule has 0 aliphatic rings. The third-order valence-electron chi connectivity index (χ3n) is 5.14. The first-order valence-electron chi connectivity index (χ1n) is 11.0. The number of anilines is 1. The van der Waals surface area contributed by atoms with Crippen molar-refractivity contribution in [3.63, 3.8) is 0 Å². The van der Waals surface area contributed by atoms with Gasteiger partial charge in [0.25, 0.3) is 0 Å². The minimum absolute atomic E-state index is 0.206. The van der Waals surface area contributed by atoms with Gasteiger partial charge in [-0.15, -0.1) is 0 Å². The molecule has 0 unspecified atom stereocenters. The number of carbonyl (C=O) groups excluding carboxylic acids is 1. The van der Waals surface area contributed by atoms with Crippen LogP contribution >= 0.6 is 0 Å². The zero-order valence-corrected chi connectivity index (χ0v) is 18.5. The Balaban J connectivity index is 1.96. The highest BCUT2D eigenvalue weighted by molar-refractivity contribution is 5.96. The molecule has 0 fully saturated rings. The number of fused-ring (bicyclic) bond motifs is 1. The third kappa shape index (κ3) is 5.00. The van der Waals surface area contributed by atoms with E-state index in [4.69, 9.17) is 4.74 Å². The van der Waals surface area contributed by atoms with E-state index in [2.05, 4.69) is 35.1 Å². The first-order chi connectivity index (χ1) is 15.1. The minimum Gasteiger partial charge on any atom is -0.494 e. The number of hydrogen-bond donors (Lipinski definition) is 2. The van der Waals surface area contributed by atoms with Gasteiger partial charge in [-0.1, -0.05) is 32.4 Å². The summed E-state index contributed by atoms with van der Waals surface area (Å²) in [5.74, 6) is 0.800. The molecule has 0 bridgehead atoms. The van der Waals surface area contributed by atoms with Crippen LogP contribution in [0.5, 0.6) is 5.75 Å². The van der Waals surface area contributed by atoms with Crippen LogP contribution < -0.4 is 15.4 Å². The van der Waals surface area contributed by atoms with E-state index in [0.29, 0.717) is 24.4 Å². The summed E-state index contributed by atoms with van der Waals surface area (Å²) in [4.78, 5) is 12.0. The zero-order chi connectivity index (χ0) is 22.2. The van der Waals surface area contributed by atoms with E-state index in [1.54, 1.807) is 0 Å². The molecule has 3 rings (SSSR count). The van der Waals surface area contributed by atoms with Gasteiger partial charge >= 0.3 is 6.03 Å². The number of ether oxygens (including phenoxy) is 1. The second-order valence-electron chi connectivity index (χ2n) is 7.41. The maximum atomic E-state index is 12.0. The number of nitriles is 1. The van der Waals surface area contributed by atoms with Crippen LogP contribution in [0.15, 0.2) is 42.5 Å². The van der Waals surface area contributed by atoms with E-state index in [1.807, 2.05) is 49.4 Å². The Morgan fingerprint density at radius 3 is 2.52 bits per heavy atom. The maximum Gasteiger partial charge on any atom is 0.319 e. The van der Waals surface area contributed by atoms with E-state index in [1.165, 1.54) is 0 Å². The molecular weight excluding hydrogens is 388 g/mol. The lowest BCUT2D eigenvalue weighted by Crippen LogP contribution is -2.29.